The van der Waals surface area contributed by atoms with E-state index in [-0.39, 0.29) is 47.7 Å². The quantitative estimate of drug-likeness (QED) is 0.0838. The van der Waals surface area contributed by atoms with Crippen LogP contribution in [-0.4, -0.2) is 57.1 Å². The van der Waals surface area contributed by atoms with Gasteiger partial charge < -0.3 is 20.9 Å². The number of nitrogens with zero attached hydrogens (tertiary/aromatic N) is 1. The van der Waals surface area contributed by atoms with Gasteiger partial charge in [0.2, 0.25) is 17.7 Å². The Bertz CT molecular complexity index is 2090. The summed E-state index contributed by atoms with van der Waals surface area (Å²) in [6.07, 6.45) is -1.70. The second-order valence-corrected chi connectivity index (χ2v) is 14.3. The molecule has 0 aliphatic heterocycles. The molecule has 4 aromatic rings. The van der Waals surface area contributed by atoms with Crippen LogP contribution in [0.4, 0.5) is 17.6 Å². The summed E-state index contributed by atoms with van der Waals surface area (Å²) in [7, 11) is 0. The number of aromatic amines is 1. The highest BCUT2D eigenvalue weighted by atomic mass is 19.4. The molecule has 3 unspecified atom stereocenters. The van der Waals surface area contributed by atoms with Crippen LogP contribution in [0.5, 0.6) is 0 Å². The molecule has 5 amide bonds. The van der Waals surface area contributed by atoms with Crippen LogP contribution in [-0.2, 0) is 44.6 Å². The number of rotatable bonds is 13. The Morgan fingerprint density at radius 3 is 2.16 bits per heavy atom. The zero-order valence-corrected chi connectivity index (χ0v) is 31.4. The number of amides is 5. The Hall–Kier alpha value is -5.80. The van der Waals surface area contributed by atoms with Crippen LogP contribution in [0.15, 0.2) is 67.0 Å². The summed E-state index contributed by atoms with van der Waals surface area (Å²) < 4.78 is 56.6. The number of carbonyl (C=O) groups excluding carboxylic acids is 5. The van der Waals surface area contributed by atoms with E-state index in [2.05, 4.69) is 36.8 Å². The summed E-state index contributed by atoms with van der Waals surface area (Å²) in [5.41, 5.74) is 2.99. The number of hydrogen-bond donors (Lipinski definition) is 6. The third kappa shape index (κ3) is 9.17. The van der Waals surface area contributed by atoms with E-state index in [0.717, 1.165) is 6.07 Å². The van der Waals surface area contributed by atoms with E-state index in [1.165, 1.54) is 54.9 Å². The van der Waals surface area contributed by atoms with Gasteiger partial charge in [0.25, 0.3) is 11.8 Å². The van der Waals surface area contributed by atoms with Gasteiger partial charge in [-0.05, 0) is 60.1 Å². The van der Waals surface area contributed by atoms with Crippen LogP contribution in [0.3, 0.4) is 0 Å². The van der Waals surface area contributed by atoms with Crippen molar-refractivity contribution in [3.63, 3.8) is 0 Å². The van der Waals surface area contributed by atoms with Gasteiger partial charge in [-0.15, -0.1) is 0 Å². The molecule has 0 fully saturated rings. The highest BCUT2D eigenvalue weighted by molar-refractivity contribution is 6.00. The van der Waals surface area contributed by atoms with Crippen LogP contribution in [0.1, 0.15) is 79.7 Å². The van der Waals surface area contributed by atoms with Crippen LogP contribution in [0.2, 0.25) is 0 Å². The number of nitrogens with one attached hydrogen (secondary N) is 6. The standard InChI is InChI=1S/C40H45F4N7O5/c1-5-22(3)32(47-31(52)20-25-10-7-8-13-29(25)41)36(54)49-39(17-14-30-27(21-39)26-11-9-12-28(34(26)46-30)40(42,43)44)38(56)48-33(23(4)6-2)37(55)51-50-35(53)24-15-18-45-19-16-24/h7-13,15-16,18-19,22-23,32-33,46H,5-6,14,17,20-21H2,1-4H3,(H,47,52)(H,48,56)(H,49,54)(H,50,53)(H,51,55)/t22?,23?,32-,33-,39?/m0/s1. The maximum Gasteiger partial charge on any atom is 0.418 e. The molecule has 12 nitrogen and oxygen atoms in total. The number of fused-ring (bicyclic) bond motifs is 3. The fourth-order valence-corrected chi connectivity index (χ4v) is 6.87. The number of hydrogen-bond acceptors (Lipinski definition) is 6. The van der Waals surface area contributed by atoms with Gasteiger partial charge >= 0.3 is 6.18 Å². The molecule has 2 aromatic heterocycles. The highest BCUT2D eigenvalue weighted by Crippen LogP contribution is 2.40. The van der Waals surface area contributed by atoms with Crippen molar-refractivity contribution in [1.29, 1.82) is 0 Å². The number of alkyl halides is 3. The number of H-pyrrole nitrogens is 1. The van der Waals surface area contributed by atoms with Crippen molar-refractivity contribution in [2.75, 3.05) is 0 Å². The lowest BCUT2D eigenvalue weighted by atomic mass is 9.78. The summed E-state index contributed by atoms with van der Waals surface area (Å²) in [6, 6.07) is 9.91. The van der Waals surface area contributed by atoms with Crippen LogP contribution < -0.4 is 26.8 Å². The normalized spacial score (nSPS) is 17.4. The maximum absolute atomic E-state index is 14.7. The zero-order chi connectivity index (χ0) is 40.8. The van der Waals surface area contributed by atoms with Crippen molar-refractivity contribution < 1.29 is 41.5 Å². The van der Waals surface area contributed by atoms with Crippen molar-refractivity contribution in [3.05, 3.63) is 101 Å². The van der Waals surface area contributed by atoms with E-state index in [9.17, 15) is 41.5 Å². The minimum atomic E-state index is -4.68. The van der Waals surface area contributed by atoms with Crippen molar-refractivity contribution >= 4 is 40.4 Å². The third-order valence-corrected chi connectivity index (χ3v) is 10.6. The molecule has 1 aliphatic carbocycles. The van der Waals surface area contributed by atoms with Gasteiger partial charge in [-0.25, -0.2) is 4.39 Å². The maximum atomic E-state index is 14.7. The Morgan fingerprint density at radius 2 is 1.52 bits per heavy atom. The number of carbonyl (C=O) groups is 5. The highest BCUT2D eigenvalue weighted by Gasteiger charge is 2.47. The van der Waals surface area contributed by atoms with E-state index < -0.39 is 76.6 Å². The summed E-state index contributed by atoms with van der Waals surface area (Å²) in [6.45, 7) is 7.03. The SMILES string of the molecule is CCC(C)[C@H](NC(=O)Cc1ccccc1F)C(=O)NC1(C(=O)N[C@H](C(=O)NNC(=O)c2ccncc2)C(C)CC)CCc2[nH]c3c(C(F)(F)F)cccc3c2C1. The van der Waals surface area contributed by atoms with Crippen molar-refractivity contribution in [3.8, 4) is 0 Å². The second-order valence-electron chi connectivity index (χ2n) is 14.3. The van der Waals surface area contributed by atoms with Gasteiger partial charge in [0.05, 0.1) is 17.5 Å². The fourth-order valence-electron chi connectivity index (χ4n) is 6.87. The largest absolute Gasteiger partial charge is 0.418 e. The Kier molecular flexibility index (Phi) is 12.8. The van der Waals surface area contributed by atoms with E-state index in [1.807, 2.05) is 0 Å². The Labute approximate surface area is 321 Å². The number of para-hydroxylation sites is 1. The molecule has 0 saturated carbocycles. The lowest BCUT2D eigenvalue weighted by Gasteiger charge is -2.39. The minimum Gasteiger partial charge on any atom is -0.358 e. The summed E-state index contributed by atoms with van der Waals surface area (Å²) >= 11 is 0. The van der Waals surface area contributed by atoms with E-state index >= 15 is 0 Å². The molecular weight excluding hydrogens is 734 g/mol. The molecule has 1 aliphatic rings. The van der Waals surface area contributed by atoms with Gasteiger partial charge in [0, 0.05) is 35.5 Å². The number of aromatic nitrogens is 2. The predicted octanol–water partition coefficient (Wildman–Crippen LogP) is 4.83. The zero-order valence-electron chi connectivity index (χ0n) is 31.4. The van der Waals surface area contributed by atoms with Crippen LogP contribution in [0.25, 0.3) is 10.9 Å². The molecule has 0 saturated heterocycles. The average molecular weight is 780 g/mol. The average Bonchev–Trinajstić information content (AvgIpc) is 3.55. The fraction of sp³-hybridized carbons (Fsp3) is 0.400. The van der Waals surface area contributed by atoms with Crippen molar-refractivity contribution in [1.82, 2.24) is 36.8 Å². The molecule has 5 rings (SSSR count). The van der Waals surface area contributed by atoms with Gasteiger partial charge in [0.1, 0.15) is 23.4 Å². The molecule has 56 heavy (non-hydrogen) atoms. The molecule has 0 spiro atoms. The predicted molar refractivity (Wildman–Crippen MR) is 199 cm³/mol. The summed E-state index contributed by atoms with van der Waals surface area (Å²) in [4.78, 5) is 75.2. The van der Waals surface area contributed by atoms with Gasteiger partial charge in [0.15, 0.2) is 0 Å². The van der Waals surface area contributed by atoms with Crippen LogP contribution >= 0.6 is 0 Å². The lowest BCUT2D eigenvalue weighted by molar-refractivity contribution is -0.139. The first-order chi connectivity index (χ1) is 26.6. The first-order valence-corrected chi connectivity index (χ1v) is 18.4. The van der Waals surface area contributed by atoms with Gasteiger partial charge in [-0.2, -0.15) is 13.2 Å². The lowest BCUT2D eigenvalue weighted by Crippen LogP contribution is -2.67. The number of hydrazine groups is 1. The molecule has 0 bridgehead atoms. The smallest absolute Gasteiger partial charge is 0.358 e. The molecular formula is C40H45F4N7O5. The van der Waals surface area contributed by atoms with E-state index in [0.29, 0.717) is 24.1 Å². The molecule has 6 N–H and O–H groups in total. The van der Waals surface area contributed by atoms with Crippen LogP contribution in [0, 0.1) is 17.7 Å². The Balaban J connectivity index is 1.48. The van der Waals surface area contributed by atoms with E-state index in [4.69, 9.17) is 0 Å². The molecule has 2 aromatic carbocycles. The molecule has 2 heterocycles. The summed E-state index contributed by atoms with van der Waals surface area (Å²) in [5, 5.41) is 8.54. The van der Waals surface area contributed by atoms with Gasteiger partial charge in [-0.1, -0.05) is 70.9 Å². The second kappa shape index (κ2) is 17.3. The minimum absolute atomic E-state index is 0.0465. The Morgan fingerprint density at radius 1 is 0.857 bits per heavy atom. The van der Waals surface area contributed by atoms with Gasteiger partial charge in [-0.3, -0.25) is 39.8 Å². The molecule has 0 radical (unpaired) electrons. The third-order valence-electron chi connectivity index (χ3n) is 10.6. The van der Waals surface area contributed by atoms with Crippen molar-refractivity contribution in [2.45, 2.75) is 90.0 Å². The first kappa shape index (κ1) is 41.4. The van der Waals surface area contributed by atoms with E-state index in [1.54, 1.807) is 33.8 Å². The van der Waals surface area contributed by atoms with Crippen molar-refractivity contribution in [2.24, 2.45) is 11.8 Å². The molecule has 5 atom stereocenters. The number of pyridine rings is 1. The topological polar surface area (TPSA) is 174 Å². The number of benzene rings is 2. The monoisotopic (exact) mass is 779 g/mol. The number of aryl methyl sites for hydroxylation is 1. The molecule has 16 heteroatoms. The first-order valence-electron chi connectivity index (χ1n) is 18.4. The molecule has 298 valence electrons. The number of halogens is 4. The summed E-state index contributed by atoms with van der Waals surface area (Å²) in [5.74, 6) is -5.12.